The van der Waals surface area contributed by atoms with E-state index in [1.807, 2.05) is 27.7 Å². The van der Waals surface area contributed by atoms with E-state index in [0.717, 1.165) is 0 Å². The second-order valence-electron chi connectivity index (χ2n) is 6.51. The molecule has 0 aromatic heterocycles. The van der Waals surface area contributed by atoms with E-state index in [0.29, 0.717) is 6.61 Å². The molecule has 0 saturated carbocycles. The molecule has 0 radical (unpaired) electrons. The summed E-state index contributed by atoms with van der Waals surface area (Å²) in [6.45, 7) is 8.18. The summed E-state index contributed by atoms with van der Waals surface area (Å²) in [5, 5.41) is 10.0. The van der Waals surface area contributed by atoms with Gasteiger partial charge in [0.05, 0.1) is 24.9 Å². The van der Waals surface area contributed by atoms with Gasteiger partial charge in [0, 0.05) is 23.5 Å². The fourth-order valence-electron chi connectivity index (χ4n) is 3.04. The molecule has 0 bridgehead atoms. The first kappa shape index (κ1) is 19.2. The normalized spacial score (nSPS) is 44.7. The molecule has 23 heavy (non-hydrogen) atoms. The van der Waals surface area contributed by atoms with Crippen molar-refractivity contribution in [2.24, 2.45) is 11.8 Å². The molecular formula is C15H28O7P+. The maximum atomic E-state index is 12.1. The molecule has 2 aliphatic rings. The van der Waals surface area contributed by atoms with Crippen molar-refractivity contribution in [3.8, 4) is 0 Å². The molecule has 0 aromatic carbocycles. The number of hydrogen-bond donors (Lipinski definition) is 1. The molecule has 2 aliphatic heterocycles. The van der Waals surface area contributed by atoms with Gasteiger partial charge in [0.15, 0.2) is 0 Å². The first-order valence-electron chi connectivity index (χ1n) is 8.10. The molecule has 1 N–H and O–H groups in total. The molecule has 2 saturated heterocycles. The van der Waals surface area contributed by atoms with Crippen LogP contribution in [0.25, 0.3) is 0 Å². The van der Waals surface area contributed by atoms with Gasteiger partial charge in [-0.1, -0.05) is 13.8 Å². The average molecular weight is 351 g/mol. The number of rotatable bonds is 7. The monoisotopic (exact) mass is 351 g/mol. The Bertz CT molecular complexity index is 407. The highest BCUT2D eigenvalue weighted by Gasteiger charge is 2.47. The van der Waals surface area contributed by atoms with Gasteiger partial charge in [-0.15, -0.1) is 9.05 Å². The van der Waals surface area contributed by atoms with Crippen LogP contribution in [0.15, 0.2) is 0 Å². The number of aliphatic hydroxyl groups is 1. The Morgan fingerprint density at radius 2 is 1.61 bits per heavy atom. The first-order valence-corrected chi connectivity index (χ1v) is 9.19. The van der Waals surface area contributed by atoms with Crippen LogP contribution in [0.4, 0.5) is 0 Å². The van der Waals surface area contributed by atoms with Gasteiger partial charge in [0.1, 0.15) is 24.9 Å². The third-order valence-electron chi connectivity index (χ3n) is 4.95. The second-order valence-corrected chi connectivity index (χ2v) is 7.43. The van der Waals surface area contributed by atoms with E-state index in [2.05, 4.69) is 0 Å². The van der Waals surface area contributed by atoms with E-state index >= 15 is 0 Å². The van der Waals surface area contributed by atoms with Gasteiger partial charge in [-0.05, 0) is 13.8 Å². The number of aliphatic hydroxyl groups excluding tert-OH is 1. The minimum absolute atomic E-state index is 0.00485. The van der Waals surface area contributed by atoms with Crippen LogP contribution in [-0.2, 0) is 27.8 Å². The van der Waals surface area contributed by atoms with E-state index in [-0.39, 0.29) is 42.9 Å². The Labute approximate surface area is 138 Å². The summed E-state index contributed by atoms with van der Waals surface area (Å²) in [7, 11) is -0.726. The summed E-state index contributed by atoms with van der Waals surface area (Å²) in [5.74, 6) is 0.114. The van der Waals surface area contributed by atoms with Crippen LogP contribution in [-0.4, -0.2) is 62.1 Å². The average Bonchev–Trinajstić information content (AvgIpc) is 2.91. The third-order valence-corrected chi connectivity index (χ3v) is 5.72. The van der Waals surface area contributed by atoms with Gasteiger partial charge in [0.2, 0.25) is 0 Å². The van der Waals surface area contributed by atoms with Gasteiger partial charge in [-0.25, -0.2) is 0 Å². The van der Waals surface area contributed by atoms with Gasteiger partial charge in [-0.2, -0.15) is 0 Å². The van der Waals surface area contributed by atoms with Crippen LogP contribution in [0, 0.1) is 11.8 Å². The molecular weight excluding hydrogens is 323 g/mol. The molecule has 9 atom stereocenters. The largest absolute Gasteiger partial charge is 0.697 e. The van der Waals surface area contributed by atoms with Gasteiger partial charge in [0.25, 0.3) is 0 Å². The summed E-state index contributed by atoms with van der Waals surface area (Å²) in [6.07, 6.45) is -1.75. The lowest BCUT2D eigenvalue weighted by Crippen LogP contribution is -2.31. The van der Waals surface area contributed by atoms with Crippen molar-refractivity contribution < 1.29 is 32.9 Å². The lowest BCUT2D eigenvalue weighted by molar-refractivity contribution is -0.0308. The molecule has 7 nitrogen and oxygen atoms in total. The van der Waals surface area contributed by atoms with Crippen molar-refractivity contribution in [3.05, 3.63) is 0 Å². The minimum atomic E-state index is -2.32. The molecule has 0 amide bonds. The standard InChI is InChI=1S/C15H28O7P/c1-8-10(3)20-12(14(8)16)7-19-23(17)22-15-9(2)11(4)21-13(15)6-18-5/h8-16H,6-7H2,1-5H3/q+1/t8?,9?,10-,11-,12+,13+,14+,15+/m0/s1. The molecule has 0 spiro atoms. The van der Waals surface area contributed by atoms with Crippen LogP contribution in [0.3, 0.4) is 0 Å². The van der Waals surface area contributed by atoms with Crippen LogP contribution in [0.1, 0.15) is 27.7 Å². The zero-order valence-electron chi connectivity index (χ0n) is 14.4. The third kappa shape index (κ3) is 4.48. The summed E-state index contributed by atoms with van der Waals surface area (Å²) in [4.78, 5) is 0. The Kier molecular flexibility index (Phi) is 6.92. The smallest absolute Gasteiger partial charge is 0.390 e. The molecule has 2 fully saturated rings. The molecule has 0 aliphatic carbocycles. The molecule has 2 heterocycles. The highest BCUT2D eigenvalue weighted by atomic mass is 31.1. The second kappa shape index (κ2) is 8.30. The van der Waals surface area contributed by atoms with Crippen LogP contribution < -0.4 is 0 Å². The number of methoxy groups -OCH3 is 1. The Hall–Kier alpha value is -0.140. The molecule has 2 rings (SSSR count). The molecule has 3 unspecified atom stereocenters. The molecule has 134 valence electrons. The minimum Gasteiger partial charge on any atom is -0.390 e. The summed E-state index contributed by atoms with van der Waals surface area (Å²) >= 11 is 0. The van der Waals surface area contributed by atoms with Gasteiger partial charge in [-0.3, -0.25) is 0 Å². The summed E-state index contributed by atoms with van der Waals surface area (Å²) in [5.41, 5.74) is 0. The fourth-order valence-corrected chi connectivity index (χ4v) is 3.90. The highest BCUT2D eigenvalue weighted by molar-refractivity contribution is 7.33. The zero-order valence-corrected chi connectivity index (χ0v) is 15.3. The van der Waals surface area contributed by atoms with Crippen molar-refractivity contribution >= 4 is 8.25 Å². The van der Waals surface area contributed by atoms with Crippen LogP contribution in [0.5, 0.6) is 0 Å². The topological polar surface area (TPSA) is 83.5 Å². The molecule has 0 aromatic rings. The fraction of sp³-hybridized carbons (Fsp3) is 1.00. The van der Waals surface area contributed by atoms with E-state index in [9.17, 15) is 9.67 Å². The van der Waals surface area contributed by atoms with E-state index in [1.54, 1.807) is 7.11 Å². The van der Waals surface area contributed by atoms with E-state index in [4.69, 9.17) is 23.3 Å². The molecule has 8 heteroatoms. The number of hydrogen-bond acceptors (Lipinski definition) is 7. The summed E-state index contributed by atoms with van der Waals surface area (Å²) < 4.78 is 39.4. The van der Waals surface area contributed by atoms with E-state index < -0.39 is 20.5 Å². The van der Waals surface area contributed by atoms with Crippen molar-refractivity contribution in [2.45, 2.75) is 64.3 Å². The predicted molar refractivity (Wildman–Crippen MR) is 83.3 cm³/mol. The first-order chi connectivity index (χ1) is 10.8. The lowest BCUT2D eigenvalue weighted by atomic mass is 10.00. The van der Waals surface area contributed by atoms with Crippen LogP contribution in [0.2, 0.25) is 0 Å². The zero-order chi connectivity index (χ0) is 17.1. The summed E-state index contributed by atoms with van der Waals surface area (Å²) in [6, 6.07) is 0. The number of ether oxygens (including phenoxy) is 3. The predicted octanol–water partition coefficient (Wildman–Crippen LogP) is 1.90. The Morgan fingerprint density at radius 1 is 1.00 bits per heavy atom. The maximum absolute atomic E-state index is 12.1. The van der Waals surface area contributed by atoms with Crippen molar-refractivity contribution in [2.75, 3.05) is 20.3 Å². The maximum Gasteiger partial charge on any atom is 0.697 e. The quantitative estimate of drug-likeness (QED) is 0.701. The Balaban J connectivity index is 1.82. The lowest BCUT2D eigenvalue weighted by Gasteiger charge is -2.15. The highest BCUT2D eigenvalue weighted by Crippen LogP contribution is 2.38. The van der Waals surface area contributed by atoms with Crippen molar-refractivity contribution in [1.29, 1.82) is 0 Å². The SMILES string of the molecule is COC[C@H]1O[C@@H](C)C(C)[C@H]1O[P+](=O)OC[C@H]1O[C@@H](C)C(C)[C@H]1O. The van der Waals surface area contributed by atoms with E-state index in [1.165, 1.54) is 0 Å². The van der Waals surface area contributed by atoms with Gasteiger partial charge >= 0.3 is 8.25 Å². The Morgan fingerprint density at radius 3 is 2.17 bits per heavy atom. The van der Waals surface area contributed by atoms with Gasteiger partial charge < -0.3 is 19.3 Å². The van der Waals surface area contributed by atoms with Crippen molar-refractivity contribution in [3.63, 3.8) is 0 Å². The van der Waals surface area contributed by atoms with Crippen LogP contribution >= 0.6 is 8.25 Å². The van der Waals surface area contributed by atoms with Crippen molar-refractivity contribution in [1.82, 2.24) is 0 Å².